The normalized spacial score (nSPS) is 22.8. The molecule has 14 heteroatoms. The van der Waals surface area contributed by atoms with Crippen molar-refractivity contribution in [3.8, 4) is 0 Å². The van der Waals surface area contributed by atoms with Crippen molar-refractivity contribution in [2.45, 2.75) is 23.8 Å². The molecule has 0 radical (unpaired) electrons. The molecular weight excluding hydrogens is 424 g/mol. The van der Waals surface area contributed by atoms with Crippen LogP contribution >= 0.6 is 12.6 Å². The lowest BCUT2D eigenvalue weighted by Gasteiger charge is -2.31. The Hall–Kier alpha value is -1.19. The van der Waals surface area contributed by atoms with Crippen LogP contribution in [0.2, 0.25) is 0 Å². The third-order valence-electron chi connectivity index (χ3n) is 3.98. The van der Waals surface area contributed by atoms with Gasteiger partial charge in [-0.15, -0.1) is 0 Å². The molecule has 0 spiro atoms. The van der Waals surface area contributed by atoms with E-state index in [2.05, 4.69) is 17.6 Å². The molecule has 27 heavy (non-hydrogen) atoms. The largest absolute Gasteiger partial charge is 0.367 e. The lowest BCUT2D eigenvalue weighted by atomic mass is 9.99. The Morgan fingerprint density at radius 3 is 2.22 bits per heavy atom. The number of aromatic nitrogens is 2. The number of thiol groups is 1. The van der Waals surface area contributed by atoms with Crippen molar-refractivity contribution >= 4 is 32.9 Å². The molecule has 0 aliphatic carbocycles. The second-order valence-electron chi connectivity index (χ2n) is 6.30. The highest BCUT2D eigenvalue weighted by Crippen LogP contribution is 2.38. The van der Waals surface area contributed by atoms with Crippen molar-refractivity contribution in [1.82, 2.24) is 9.55 Å². The Morgan fingerprint density at radius 2 is 1.74 bits per heavy atom. The minimum Gasteiger partial charge on any atom is -0.367 e. The number of rotatable bonds is 7. The van der Waals surface area contributed by atoms with E-state index < -0.39 is 61.6 Å². The van der Waals surface area contributed by atoms with E-state index in [1.54, 1.807) is 0 Å². The molecule has 1 fully saturated rings. The Balaban J connectivity index is 2.40. The third kappa shape index (κ3) is 5.42. The molecule has 1 N–H and O–H groups in total. The maximum Gasteiger partial charge on any atom is 0.328 e. The van der Waals surface area contributed by atoms with Crippen molar-refractivity contribution in [2.75, 3.05) is 32.3 Å². The molecule has 2 rings (SSSR count). The van der Waals surface area contributed by atoms with E-state index in [1.165, 1.54) is 17.7 Å². The topological polar surface area (TPSA) is 151 Å². The maximum atomic E-state index is 12.1. The fraction of sp³-hybridized carbons (Fsp3) is 0.692. The molecule has 0 unspecified atom stereocenters. The zero-order valence-electron chi connectivity index (χ0n) is 14.7. The first-order valence-electron chi connectivity index (χ1n) is 7.57. The number of aryl methyl sites for hydroxylation is 1. The Morgan fingerprint density at radius 1 is 1.22 bits per heavy atom. The van der Waals surface area contributed by atoms with E-state index in [0.29, 0.717) is 0 Å². The van der Waals surface area contributed by atoms with Crippen molar-refractivity contribution in [3.63, 3.8) is 0 Å². The number of nitrogens with zero attached hydrogens (tertiary/aromatic N) is 1. The van der Waals surface area contributed by atoms with Gasteiger partial charge in [0.05, 0.1) is 43.6 Å². The van der Waals surface area contributed by atoms with Crippen LogP contribution in [0.15, 0.2) is 15.8 Å². The lowest BCUT2D eigenvalue weighted by molar-refractivity contribution is -0.0535. The first-order chi connectivity index (χ1) is 12.2. The molecule has 1 aromatic heterocycles. The van der Waals surface area contributed by atoms with E-state index in [9.17, 15) is 26.4 Å². The van der Waals surface area contributed by atoms with E-state index >= 15 is 0 Å². The van der Waals surface area contributed by atoms with Gasteiger partial charge in [0.25, 0.3) is 25.8 Å². The highest BCUT2D eigenvalue weighted by Gasteiger charge is 2.51. The maximum absolute atomic E-state index is 12.1. The molecule has 11 nitrogen and oxygen atoms in total. The summed E-state index contributed by atoms with van der Waals surface area (Å²) in [6, 6.07) is -0.734. The highest BCUT2D eigenvalue weighted by molar-refractivity contribution is 7.86. The molecule has 0 saturated carbocycles. The van der Waals surface area contributed by atoms with Crippen LogP contribution in [0.1, 0.15) is 11.6 Å². The Labute approximate surface area is 161 Å². The van der Waals surface area contributed by atoms with Crippen LogP contribution in [0.5, 0.6) is 0 Å². The summed E-state index contributed by atoms with van der Waals surface area (Å²) in [5.41, 5.74) is -2.55. The van der Waals surface area contributed by atoms with E-state index in [1.807, 2.05) is 0 Å². The molecule has 1 aromatic rings. The van der Waals surface area contributed by atoms with Gasteiger partial charge in [0.2, 0.25) is 0 Å². The predicted molar refractivity (Wildman–Crippen MR) is 98.1 cm³/mol. The van der Waals surface area contributed by atoms with Crippen LogP contribution in [-0.2, 0) is 33.3 Å². The van der Waals surface area contributed by atoms with Gasteiger partial charge < -0.3 is 4.74 Å². The minimum absolute atomic E-state index is 0.111. The summed E-state index contributed by atoms with van der Waals surface area (Å²) >= 11 is 4.42. The van der Waals surface area contributed by atoms with E-state index in [4.69, 9.17) is 13.1 Å². The molecule has 2 heterocycles. The van der Waals surface area contributed by atoms with Crippen molar-refractivity contribution in [2.24, 2.45) is 0 Å². The number of hydrogen-bond acceptors (Lipinski definition) is 10. The van der Waals surface area contributed by atoms with Gasteiger partial charge in [-0.1, -0.05) is 0 Å². The van der Waals surface area contributed by atoms with E-state index in [0.717, 1.165) is 12.5 Å². The van der Waals surface area contributed by atoms with Crippen molar-refractivity contribution in [3.05, 3.63) is 32.6 Å². The van der Waals surface area contributed by atoms with Crippen LogP contribution in [0.25, 0.3) is 0 Å². The predicted octanol–water partition coefficient (Wildman–Crippen LogP) is -1.59. The fourth-order valence-electron chi connectivity index (χ4n) is 2.55. The smallest absolute Gasteiger partial charge is 0.328 e. The number of aromatic amines is 1. The van der Waals surface area contributed by atoms with Gasteiger partial charge in [0.15, 0.2) is 0 Å². The van der Waals surface area contributed by atoms with Gasteiger partial charge in [-0.25, -0.2) is 4.79 Å². The monoisotopic (exact) mass is 444 g/mol. The molecule has 0 amide bonds. The average Bonchev–Trinajstić information content (AvgIpc) is 2.83. The molecule has 0 aromatic carbocycles. The molecule has 154 valence electrons. The second-order valence-corrected chi connectivity index (χ2v) is 10.1. The first kappa shape index (κ1) is 22.1. The zero-order chi connectivity index (χ0) is 20.6. The fourth-order valence-corrected chi connectivity index (χ4v) is 3.83. The quantitative estimate of drug-likeness (QED) is 0.374. The summed E-state index contributed by atoms with van der Waals surface area (Å²) in [5, 5.41) is -0.885. The summed E-state index contributed by atoms with van der Waals surface area (Å²) in [6.45, 7) is 0.261. The number of hydrogen-bond donors (Lipinski definition) is 2. The van der Waals surface area contributed by atoms with Crippen LogP contribution in [0, 0.1) is 6.92 Å². The Bertz CT molecular complexity index is 990. The average molecular weight is 445 g/mol. The Kier molecular flexibility index (Phi) is 6.28. The van der Waals surface area contributed by atoms with Crippen LogP contribution < -0.4 is 11.2 Å². The molecule has 1 saturated heterocycles. The third-order valence-corrected chi connectivity index (χ3v) is 5.89. The zero-order valence-corrected chi connectivity index (χ0v) is 17.3. The summed E-state index contributed by atoms with van der Waals surface area (Å²) in [5.74, 6) is 0. The molecule has 2 atom stereocenters. The molecular formula is C13H20N2O9S3. The lowest BCUT2D eigenvalue weighted by Crippen LogP contribution is -2.49. The SMILES string of the molecule is Cc1cn([C@@H]2COC(COS(C)(=O)=O)(COS(C)(=O)=O)[C@H]2S)c(=O)[nH]c1=O. The van der Waals surface area contributed by atoms with Crippen molar-refractivity contribution < 1.29 is 29.9 Å². The van der Waals surface area contributed by atoms with Gasteiger partial charge in [-0.2, -0.15) is 29.5 Å². The van der Waals surface area contributed by atoms with Crippen molar-refractivity contribution in [1.29, 1.82) is 0 Å². The summed E-state index contributed by atoms with van der Waals surface area (Å²) in [6.07, 6.45) is 2.98. The summed E-state index contributed by atoms with van der Waals surface area (Å²) in [4.78, 5) is 25.8. The standard InChI is InChI=1S/C13H20N2O9S3/c1-8-4-15(12(17)14-11(8)16)9-5-22-13(10(9)25,6-23-26(2,18)19)7-24-27(3,20)21/h4,9-10,25H,5-7H2,1-3H3,(H,14,16,17)/t9-,10+/m1/s1. The van der Waals surface area contributed by atoms with Crippen LogP contribution in [0.3, 0.4) is 0 Å². The number of nitrogens with one attached hydrogen (secondary N) is 1. The van der Waals surface area contributed by atoms with Crippen LogP contribution in [-0.4, -0.2) is 69.6 Å². The summed E-state index contributed by atoms with van der Waals surface area (Å²) in [7, 11) is -7.73. The molecule has 1 aliphatic heterocycles. The van der Waals surface area contributed by atoms with Crippen LogP contribution in [0.4, 0.5) is 0 Å². The molecule has 1 aliphatic rings. The van der Waals surface area contributed by atoms with Gasteiger partial charge in [-0.3, -0.25) is 22.7 Å². The van der Waals surface area contributed by atoms with Gasteiger partial charge in [0.1, 0.15) is 5.60 Å². The molecule has 0 bridgehead atoms. The minimum atomic E-state index is -3.86. The summed E-state index contributed by atoms with van der Waals surface area (Å²) < 4.78 is 61.9. The number of H-pyrrole nitrogens is 1. The first-order valence-corrected chi connectivity index (χ1v) is 11.7. The number of ether oxygens (including phenoxy) is 1. The van der Waals surface area contributed by atoms with Gasteiger partial charge in [0, 0.05) is 11.8 Å². The van der Waals surface area contributed by atoms with Gasteiger partial charge >= 0.3 is 5.69 Å². The highest BCUT2D eigenvalue weighted by atomic mass is 32.2. The van der Waals surface area contributed by atoms with E-state index in [-0.39, 0.29) is 12.2 Å². The second kappa shape index (κ2) is 7.67. The van der Waals surface area contributed by atoms with Gasteiger partial charge in [-0.05, 0) is 6.92 Å².